The molecule has 3 heteroatoms. The van der Waals surface area contributed by atoms with Gasteiger partial charge < -0.3 is 9.47 Å². The fraction of sp³-hybridized carbons (Fsp3) is 0.471. The molecule has 0 N–H and O–H groups in total. The van der Waals surface area contributed by atoms with Crippen molar-refractivity contribution < 1.29 is 14.3 Å². The standard InChI is InChI=1S/C17H20O3/c1-3-12-19-15-6-4-5-7-16(15)20-17(18)14-10-8-13(2)9-11-14/h1,8-11,15-16H,4-7,12H2,2H3/t15-,16-/m1/s1. The van der Waals surface area contributed by atoms with Gasteiger partial charge in [0, 0.05) is 0 Å². The van der Waals surface area contributed by atoms with E-state index in [4.69, 9.17) is 15.9 Å². The third-order valence-electron chi connectivity index (χ3n) is 3.57. The van der Waals surface area contributed by atoms with Crippen LogP contribution in [0.25, 0.3) is 0 Å². The van der Waals surface area contributed by atoms with Gasteiger partial charge in [-0.05, 0) is 38.3 Å². The van der Waals surface area contributed by atoms with E-state index in [2.05, 4.69) is 5.92 Å². The predicted molar refractivity (Wildman–Crippen MR) is 77.4 cm³/mol. The second-order valence-corrected chi connectivity index (χ2v) is 5.15. The van der Waals surface area contributed by atoms with E-state index in [0.717, 1.165) is 31.2 Å². The van der Waals surface area contributed by atoms with Crippen LogP contribution < -0.4 is 0 Å². The second-order valence-electron chi connectivity index (χ2n) is 5.15. The highest BCUT2D eigenvalue weighted by molar-refractivity contribution is 5.89. The van der Waals surface area contributed by atoms with Crippen LogP contribution in [0.1, 0.15) is 41.6 Å². The summed E-state index contributed by atoms with van der Waals surface area (Å²) < 4.78 is 11.2. The van der Waals surface area contributed by atoms with Crippen molar-refractivity contribution in [1.29, 1.82) is 0 Å². The molecule has 1 fully saturated rings. The second kappa shape index (κ2) is 7.12. The molecule has 0 amide bonds. The lowest BCUT2D eigenvalue weighted by atomic mass is 9.94. The van der Waals surface area contributed by atoms with E-state index in [0.29, 0.717) is 5.56 Å². The highest BCUT2D eigenvalue weighted by atomic mass is 16.6. The monoisotopic (exact) mass is 272 g/mol. The third kappa shape index (κ3) is 3.85. The van der Waals surface area contributed by atoms with Crippen LogP contribution in [0.5, 0.6) is 0 Å². The smallest absolute Gasteiger partial charge is 0.338 e. The lowest BCUT2D eigenvalue weighted by Gasteiger charge is -2.30. The summed E-state index contributed by atoms with van der Waals surface area (Å²) in [4.78, 5) is 12.1. The molecular weight excluding hydrogens is 252 g/mol. The van der Waals surface area contributed by atoms with E-state index in [1.807, 2.05) is 19.1 Å². The van der Waals surface area contributed by atoms with E-state index in [-0.39, 0.29) is 24.8 Å². The normalized spacial score (nSPS) is 22.0. The van der Waals surface area contributed by atoms with E-state index in [1.54, 1.807) is 12.1 Å². The molecule has 106 valence electrons. The van der Waals surface area contributed by atoms with Gasteiger partial charge in [-0.3, -0.25) is 0 Å². The number of carbonyl (C=O) groups excluding carboxylic acids is 1. The highest BCUT2D eigenvalue weighted by Gasteiger charge is 2.29. The Kier molecular flexibility index (Phi) is 5.20. The summed E-state index contributed by atoms with van der Waals surface area (Å²) in [5.41, 5.74) is 1.70. The molecule has 0 saturated heterocycles. The van der Waals surface area contributed by atoms with E-state index in [1.165, 1.54) is 0 Å². The molecule has 3 nitrogen and oxygen atoms in total. The molecule has 1 aliphatic carbocycles. The molecule has 2 atom stereocenters. The highest BCUT2D eigenvalue weighted by Crippen LogP contribution is 2.24. The largest absolute Gasteiger partial charge is 0.456 e. The molecule has 20 heavy (non-hydrogen) atoms. The first-order chi connectivity index (χ1) is 9.70. The van der Waals surface area contributed by atoms with Gasteiger partial charge in [0.2, 0.25) is 0 Å². The van der Waals surface area contributed by atoms with Crippen molar-refractivity contribution in [2.24, 2.45) is 0 Å². The summed E-state index contributed by atoms with van der Waals surface area (Å²) in [5.74, 6) is 2.18. The molecule has 0 heterocycles. The zero-order valence-electron chi connectivity index (χ0n) is 11.8. The van der Waals surface area contributed by atoms with Crippen LogP contribution in [0.15, 0.2) is 24.3 Å². The molecule has 1 aliphatic rings. The minimum Gasteiger partial charge on any atom is -0.456 e. The first kappa shape index (κ1) is 14.6. The molecule has 2 rings (SSSR count). The van der Waals surface area contributed by atoms with Crippen molar-refractivity contribution in [3.63, 3.8) is 0 Å². The van der Waals surface area contributed by atoms with Crippen molar-refractivity contribution in [2.45, 2.75) is 44.8 Å². The van der Waals surface area contributed by atoms with Gasteiger partial charge in [-0.25, -0.2) is 4.79 Å². The number of hydrogen-bond acceptors (Lipinski definition) is 3. The van der Waals surface area contributed by atoms with Crippen LogP contribution >= 0.6 is 0 Å². The van der Waals surface area contributed by atoms with Gasteiger partial charge >= 0.3 is 5.97 Å². The minimum atomic E-state index is -0.286. The van der Waals surface area contributed by atoms with Gasteiger partial charge in [-0.15, -0.1) is 6.42 Å². The van der Waals surface area contributed by atoms with E-state index in [9.17, 15) is 4.79 Å². The molecule has 1 aromatic rings. The van der Waals surface area contributed by atoms with Gasteiger partial charge in [-0.2, -0.15) is 0 Å². The zero-order valence-corrected chi connectivity index (χ0v) is 11.8. The van der Waals surface area contributed by atoms with Gasteiger partial charge in [0.15, 0.2) is 0 Å². The van der Waals surface area contributed by atoms with Crippen molar-refractivity contribution in [1.82, 2.24) is 0 Å². The Morgan fingerprint density at radius 2 is 1.90 bits per heavy atom. The maximum absolute atomic E-state index is 12.1. The van der Waals surface area contributed by atoms with Gasteiger partial charge in [0.05, 0.1) is 11.7 Å². The summed E-state index contributed by atoms with van der Waals surface area (Å²) in [6.07, 6.45) is 8.84. The van der Waals surface area contributed by atoms with Crippen molar-refractivity contribution in [2.75, 3.05) is 6.61 Å². The molecule has 0 aliphatic heterocycles. The fourth-order valence-electron chi connectivity index (χ4n) is 2.44. The quantitative estimate of drug-likeness (QED) is 0.624. The van der Waals surface area contributed by atoms with Crippen LogP contribution in [0.3, 0.4) is 0 Å². The molecule has 0 radical (unpaired) electrons. The van der Waals surface area contributed by atoms with Crippen molar-refractivity contribution >= 4 is 5.97 Å². The first-order valence-corrected chi connectivity index (χ1v) is 7.03. The summed E-state index contributed by atoms with van der Waals surface area (Å²) in [6.45, 7) is 2.25. The Morgan fingerprint density at radius 3 is 2.55 bits per heavy atom. The van der Waals surface area contributed by atoms with Crippen molar-refractivity contribution in [3.8, 4) is 12.3 Å². The molecule has 0 spiro atoms. The summed E-state index contributed by atoms with van der Waals surface area (Å²) in [5, 5.41) is 0. The van der Waals surface area contributed by atoms with Crippen molar-refractivity contribution in [3.05, 3.63) is 35.4 Å². The molecule has 0 unspecified atom stereocenters. The van der Waals surface area contributed by atoms with Gasteiger partial charge in [0.1, 0.15) is 12.7 Å². The van der Waals surface area contributed by atoms with Gasteiger partial charge in [0.25, 0.3) is 0 Å². The van der Waals surface area contributed by atoms with Gasteiger partial charge in [-0.1, -0.05) is 30.0 Å². The lowest BCUT2D eigenvalue weighted by molar-refractivity contribution is -0.0622. The van der Waals surface area contributed by atoms with Crippen LogP contribution in [-0.2, 0) is 9.47 Å². The topological polar surface area (TPSA) is 35.5 Å². The average molecular weight is 272 g/mol. The number of carbonyl (C=O) groups is 1. The van der Waals surface area contributed by atoms with E-state index >= 15 is 0 Å². The number of hydrogen-bond donors (Lipinski definition) is 0. The molecule has 1 aromatic carbocycles. The third-order valence-corrected chi connectivity index (χ3v) is 3.57. The van der Waals surface area contributed by atoms with Crippen LogP contribution in [-0.4, -0.2) is 24.8 Å². The number of esters is 1. The number of ether oxygens (including phenoxy) is 2. The number of benzene rings is 1. The maximum atomic E-state index is 12.1. The number of rotatable bonds is 4. The molecule has 0 bridgehead atoms. The van der Waals surface area contributed by atoms with E-state index < -0.39 is 0 Å². The van der Waals surface area contributed by atoms with Crippen LogP contribution in [0.4, 0.5) is 0 Å². The summed E-state index contributed by atoms with van der Waals surface area (Å²) in [7, 11) is 0. The predicted octanol–water partition coefficient (Wildman–Crippen LogP) is 3.11. The number of terminal acetylenes is 1. The zero-order chi connectivity index (χ0) is 14.4. The minimum absolute atomic E-state index is 0.0748. The summed E-state index contributed by atoms with van der Waals surface area (Å²) in [6, 6.07) is 7.39. The Balaban J connectivity index is 1.97. The first-order valence-electron chi connectivity index (χ1n) is 7.03. The SMILES string of the molecule is C#CCO[C@@H]1CCCC[C@H]1OC(=O)c1ccc(C)cc1. The fourth-order valence-corrected chi connectivity index (χ4v) is 2.44. The van der Waals surface area contributed by atoms with Crippen LogP contribution in [0.2, 0.25) is 0 Å². The Hall–Kier alpha value is -1.79. The Bertz CT molecular complexity index is 484. The van der Waals surface area contributed by atoms with Crippen LogP contribution in [0, 0.1) is 19.3 Å². The maximum Gasteiger partial charge on any atom is 0.338 e. The lowest BCUT2D eigenvalue weighted by Crippen LogP contribution is -2.36. The molecule has 0 aromatic heterocycles. The molecule has 1 saturated carbocycles. The summed E-state index contributed by atoms with van der Waals surface area (Å²) >= 11 is 0. The average Bonchev–Trinajstić information content (AvgIpc) is 2.47. The Labute approximate surface area is 120 Å². The molecular formula is C17H20O3. The Morgan fingerprint density at radius 1 is 1.25 bits per heavy atom. The number of aryl methyl sites for hydroxylation is 1.